The first kappa shape index (κ1) is 9.71. The Balaban J connectivity index is 0.000000810. The summed E-state index contributed by atoms with van der Waals surface area (Å²) in [6.07, 6.45) is 0. The van der Waals surface area contributed by atoms with Gasteiger partial charge >= 0.3 is 0 Å². The first-order chi connectivity index (χ1) is 4.30. The van der Waals surface area contributed by atoms with Crippen LogP contribution in [0.15, 0.2) is 30.3 Å². The van der Waals surface area contributed by atoms with Gasteiger partial charge < -0.3 is 4.90 Å². The first-order valence-corrected chi connectivity index (χ1v) is 3.03. The summed E-state index contributed by atoms with van der Waals surface area (Å²) >= 11 is 0. The maximum absolute atomic E-state index is 2.08. The summed E-state index contributed by atoms with van der Waals surface area (Å²) in [4.78, 5) is 2.08. The number of anilines is 1. The molecule has 0 bridgehead atoms. The van der Waals surface area contributed by atoms with Crippen LogP contribution in [-0.2, 0) is 21.1 Å². The van der Waals surface area contributed by atoms with Gasteiger partial charge in [-0.05, 0) is 12.1 Å². The van der Waals surface area contributed by atoms with E-state index in [1.54, 1.807) is 0 Å². The molecule has 0 aliphatic rings. The van der Waals surface area contributed by atoms with Crippen molar-refractivity contribution in [2.45, 2.75) is 0 Å². The van der Waals surface area contributed by atoms with Crippen LogP contribution in [0.1, 0.15) is 0 Å². The zero-order chi connectivity index (χ0) is 6.69. The molecule has 0 radical (unpaired) electrons. The molecule has 0 amide bonds. The van der Waals surface area contributed by atoms with E-state index in [-0.39, 0.29) is 21.1 Å². The van der Waals surface area contributed by atoms with Gasteiger partial charge in [-0.1, -0.05) is 18.2 Å². The van der Waals surface area contributed by atoms with Gasteiger partial charge in [-0.2, -0.15) is 0 Å². The molecule has 2 heteroatoms. The smallest absolute Gasteiger partial charge is 0.0360 e. The third kappa shape index (κ3) is 2.53. The average Bonchev–Trinajstić information content (AvgIpc) is 1.90. The summed E-state index contributed by atoms with van der Waals surface area (Å²) in [6.45, 7) is 0. The van der Waals surface area contributed by atoms with Gasteiger partial charge in [-0.3, -0.25) is 0 Å². The largest absolute Gasteiger partial charge is 0.378 e. The van der Waals surface area contributed by atoms with Crippen molar-refractivity contribution in [1.29, 1.82) is 0 Å². The Bertz CT molecular complexity index is 172. The number of hydrogen-bond acceptors (Lipinski definition) is 1. The quantitative estimate of drug-likeness (QED) is 0.648. The Labute approximate surface area is 76.3 Å². The van der Waals surface area contributed by atoms with Crippen LogP contribution in [0.2, 0.25) is 0 Å². The molecule has 1 rings (SSSR count). The molecule has 0 fully saturated rings. The number of hydrogen-bond donors (Lipinski definition) is 0. The second-order valence-corrected chi connectivity index (χ2v) is 2.23. The van der Waals surface area contributed by atoms with Crippen molar-refractivity contribution >= 4 is 5.69 Å². The van der Waals surface area contributed by atoms with Crippen molar-refractivity contribution in [2.75, 3.05) is 19.0 Å². The SMILES string of the molecule is CN(C)c1ccccc1.[Mo]. The molecule has 1 aromatic rings. The van der Waals surface area contributed by atoms with Crippen LogP contribution in [0.4, 0.5) is 5.69 Å². The van der Waals surface area contributed by atoms with Gasteiger partial charge in [0.2, 0.25) is 0 Å². The van der Waals surface area contributed by atoms with Gasteiger partial charge in [0.1, 0.15) is 0 Å². The Morgan fingerprint density at radius 3 is 1.80 bits per heavy atom. The van der Waals surface area contributed by atoms with Crippen LogP contribution < -0.4 is 4.90 Å². The van der Waals surface area contributed by atoms with Crippen molar-refractivity contribution in [1.82, 2.24) is 0 Å². The van der Waals surface area contributed by atoms with E-state index >= 15 is 0 Å². The van der Waals surface area contributed by atoms with E-state index in [1.165, 1.54) is 5.69 Å². The van der Waals surface area contributed by atoms with Crippen LogP contribution in [0, 0.1) is 0 Å². The Morgan fingerprint density at radius 1 is 1.00 bits per heavy atom. The molecule has 0 aliphatic heterocycles. The van der Waals surface area contributed by atoms with E-state index in [9.17, 15) is 0 Å². The van der Waals surface area contributed by atoms with Gasteiger partial charge in [0.25, 0.3) is 0 Å². The van der Waals surface area contributed by atoms with Crippen molar-refractivity contribution < 1.29 is 21.1 Å². The maximum Gasteiger partial charge on any atom is 0.0360 e. The van der Waals surface area contributed by atoms with E-state index in [4.69, 9.17) is 0 Å². The van der Waals surface area contributed by atoms with Gasteiger partial charge in [0.15, 0.2) is 0 Å². The predicted octanol–water partition coefficient (Wildman–Crippen LogP) is 1.75. The van der Waals surface area contributed by atoms with Gasteiger partial charge in [-0.25, -0.2) is 0 Å². The van der Waals surface area contributed by atoms with Crippen LogP contribution in [0.3, 0.4) is 0 Å². The molecule has 54 valence electrons. The summed E-state index contributed by atoms with van der Waals surface area (Å²) in [5.74, 6) is 0. The molecule has 0 heterocycles. The predicted molar refractivity (Wildman–Crippen MR) is 40.8 cm³/mol. The third-order valence-corrected chi connectivity index (χ3v) is 1.27. The number of para-hydroxylation sites is 1. The molecule has 0 unspecified atom stereocenters. The minimum Gasteiger partial charge on any atom is -0.378 e. The van der Waals surface area contributed by atoms with Crippen molar-refractivity contribution in [3.63, 3.8) is 0 Å². The van der Waals surface area contributed by atoms with Gasteiger partial charge in [0, 0.05) is 40.8 Å². The summed E-state index contributed by atoms with van der Waals surface area (Å²) < 4.78 is 0. The summed E-state index contributed by atoms with van der Waals surface area (Å²) in [5, 5.41) is 0. The molecule has 0 atom stereocenters. The van der Waals surface area contributed by atoms with E-state index < -0.39 is 0 Å². The number of benzene rings is 1. The van der Waals surface area contributed by atoms with Crippen LogP contribution in [-0.4, -0.2) is 14.1 Å². The van der Waals surface area contributed by atoms with Crippen molar-refractivity contribution in [3.05, 3.63) is 30.3 Å². The standard InChI is InChI=1S/C8H11N.Mo/c1-9(2)8-6-4-3-5-7-8;/h3-7H,1-2H3;. The fourth-order valence-corrected chi connectivity index (χ4v) is 0.726. The minimum atomic E-state index is 0. The van der Waals surface area contributed by atoms with Crippen molar-refractivity contribution in [2.24, 2.45) is 0 Å². The fraction of sp³-hybridized carbons (Fsp3) is 0.250. The second-order valence-electron chi connectivity index (χ2n) is 2.23. The molecule has 0 N–H and O–H groups in total. The number of rotatable bonds is 1. The Kier molecular flexibility index (Phi) is 4.38. The maximum atomic E-state index is 2.08. The average molecular weight is 217 g/mol. The topological polar surface area (TPSA) is 3.24 Å². The van der Waals surface area contributed by atoms with Crippen LogP contribution in [0.25, 0.3) is 0 Å². The van der Waals surface area contributed by atoms with Crippen molar-refractivity contribution in [3.8, 4) is 0 Å². The van der Waals surface area contributed by atoms with E-state index in [2.05, 4.69) is 17.0 Å². The summed E-state index contributed by atoms with van der Waals surface area (Å²) in [6, 6.07) is 10.3. The van der Waals surface area contributed by atoms with E-state index in [0.717, 1.165) is 0 Å². The number of nitrogens with zero attached hydrogens (tertiary/aromatic N) is 1. The molecule has 1 aromatic carbocycles. The molecule has 0 spiro atoms. The molecular weight excluding hydrogens is 206 g/mol. The Morgan fingerprint density at radius 2 is 1.50 bits per heavy atom. The molecule has 1 nitrogen and oxygen atoms in total. The molecule has 10 heavy (non-hydrogen) atoms. The second kappa shape index (κ2) is 4.51. The zero-order valence-electron chi connectivity index (χ0n) is 6.24. The molecule has 0 saturated heterocycles. The summed E-state index contributed by atoms with van der Waals surface area (Å²) in [5.41, 5.74) is 1.25. The Hall–Kier alpha value is -0.292. The van der Waals surface area contributed by atoms with Crippen LogP contribution >= 0.6 is 0 Å². The molecule has 0 aromatic heterocycles. The van der Waals surface area contributed by atoms with E-state index in [1.807, 2.05) is 32.3 Å². The summed E-state index contributed by atoms with van der Waals surface area (Å²) in [7, 11) is 4.07. The monoisotopic (exact) mass is 219 g/mol. The van der Waals surface area contributed by atoms with Gasteiger partial charge in [0.05, 0.1) is 0 Å². The third-order valence-electron chi connectivity index (χ3n) is 1.27. The minimum absolute atomic E-state index is 0. The fourth-order valence-electron chi connectivity index (χ4n) is 0.726. The zero-order valence-corrected chi connectivity index (χ0v) is 8.25. The van der Waals surface area contributed by atoms with E-state index in [0.29, 0.717) is 0 Å². The normalized spacial score (nSPS) is 8.20. The molecular formula is C8H11MoN. The first-order valence-electron chi connectivity index (χ1n) is 3.03. The van der Waals surface area contributed by atoms with Gasteiger partial charge in [-0.15, -0.1) is 0 Å². The molecule has 0 aliphatic carbocycles. The van der Waals surface area contributed by atoms with Crippen LogP contribution in [0.5, 0.6) is 0 Å². The molecule has 0 saturated carbocycles.